The van der Waals surface area contributed by atoms with Gasteiger partial charge >= 0.3 is 0 Å². The highest BCUT2D eigenvalue weighted by molar-refractivity contribution is 5.34. The Kier molecular flexibility index (Phi) is 9.98. The van der Waals surface area contributed by atoms with Crippen LogP contribution in [-0.4, -0.2) is 0 Å². The normalized spacial score (nSPS) is 17.8. The topological polar surface area (TPSA) is 109 Å². The van der Waals surface area contributed by atoms with Crippen molar-refractivity contribution in [3.05, 3.63) is 144 Å². The molecule has 4 nitrogen and oxygen atoms in total. The van der Waals surface area contributed by atoms with Crippen molar-refractivity contribution in [2.45, 2.75) is 31.6 Å². The maximum atomic E-state index is 6.15. The number of nitrogens with one attached hydrogen (secondary N) is 1. The van der Waals surface area contributed by atoms with Crippen molar-refractivity contribution in [1.82, 2.24) is 11.5 Å². The highest BCUT2D eigenvalue weighted by Gasteiger charge is 2.38. The van der Waals surface area contributed by atoms with Gasteiger partial charge in [0, 0.05) is 12.1 Å². The van der Waals surface area contributed by atoms with Crippen LogP contribution in [0.1, 0.15) is 53.8 Å². The van der Waals surface area contributed by atoms with E-state index in [2.05, 4.69) is 66.0 Å². The first-order valence-corrected chi connectivity index (χ1v) is 10.7. The van der Waals surface area contributed by atoms with Crippen molar-refractivity contribution in [1.29, 1.82) is 0 Å². The monoisotopic (exact) mass is 440 g/mol. The van der Waals surface area contributed by atoms with Gasteiger partial charge in [-0.2, -0.15) is 0 Å². The third-order valence-electron chi connectivity index (χ3n) is 5.66. The maximum absolute atomic E-state index is 6.15. The fourth-order valence-corrected chi connectivity index (χ4v) is 3.80. The molecule has 4 aromatic rings. The molecule has 5 rings (SSSR count). The minimum absolute atomic E-state index is 0. The second kappa shape index (κ2) is 12.7. The number of benzene rings is 4. The fraction of sp³-hybridized carbons (Fsp3) is 0.172. The quantitative estimate of drug-likeness (QED) is 0.275. The minimum Gasteiger partial charge on any atom is -0.344 e. The first kappa shape index (κ1) is 26.0. The highest BCUT2D eigenvalue weighted by Crippen LogP contribution is 2.41. The van der Waals surface area contributed by atoms with Crippen molar-refractivity contribution >= 4 is 0 Å². The van der Waals surface area contributed by atoms with Crippen LogP contribution in [0.25, 0.3) is 0 Å². The van der Waals surface area contributed by atoms with Crippen molar-refractivity contribution in [3.8, 4) is 0 Å². The molecule has 0 aromatic heterocycles. The zero-order valence-electron chi connectivity index (χ0n) is 18.2. The van der Waals surface area contributed by atoms with Gasteiger partial charge in [0.25, 0.3) is 0 Å². The summed E-state index contributed by atoms with van der Waals surface area (Å²) in [5.41, 5.74) is 17.2. The summed E-state index contributed by atoms with van der Waals surface area (Å²) < 4.78 is 0. The lowest BCUT2D eigenvalue weighted by molar-refractivity contribution is 0.574. The molecule has 1 saturated heterocycles. The number of rotatable bonds is 5. The third-order valence-corrected chi connectivity index (χ3v) is 5.66. The van der Waals surface area contributed by atoms with E-state index < -0.39 is 0 Å². The van der Waals surface area contributed by atoms with E-state index in [1.54, 1.807) is 0 Å². The summed E-state index contributed by atoms with van der Waals surface area (Å²) in [6.07, 6.45) is 0. The summed E-state index contributed by atoms with van der Waals surface area (Å²) in [7, 11) is 0. The zero-order chi connectivity index (χ0) is 21.5. The van der Waals surface area contributed by atoms with E-state index in [0.29, 0.717) is 12.1 Å². The van der Waals surface area contributed by atoms with Gasteiger partial charge in [0.05, 0.1) is 12.1 Å². The summed E-state index contributed by atoms with van der Waals surface area (Å²) in [4.78, 5) is 0. The first-order chi connectivity index (χ1) is 15.2. The maximum Gasteiger partial charge on any atom is 0.0523 e. The molecule has 0 bridgehead atoms. The Bertz CT molecular complexity index is 953. The Morgan fingerprint density at radius 1 is 0.485 bits per heavy atom. The molecule has 0 spiro atoms. The van der Waals surface area contributed by atoms with Crippen LogP contribution in [0.15, 0.2) is 121 Å². The predicted molar refractivity (Wildman–Crippen MR) is 140 cm³/mol. The van der Waals surface area contributed by atoms with Crippen molar-refractivity contribution < 1.29 is 0 Å². The van der Waals surface area contributed by atoms with Crippen LogP contribution < -0.4 is 22.9 Å². The van der Waals surface area contributed by atoms with Crippen molar-refractivity contribution in [3.63, 3.8) is 0 Å². The molecule has 0 aliphatic carbocycles. The van der Waals surface area contributed by atoms with E-state index in [1.165, 1.54) is 11.1 Å². The average Bonchev–Trinajstić information content (AvgIpc) is 3.67. The molecule has 4 atom stereocenters. The smallest absolute Gasteiger partial charge is 0.0523 e. The van der Waals surface area contributed by atoms with Gasteiger partial charge in [-0.05, 0) is 22.3 Å². The molecule has 0 amide bonds. The van der Waals surface area contributed by atoms with E-state index in [4.69, 9.17) is 11.5 Å². The Hall–Kier alpha value is -3.28. The molecule has 2 unspecified atom stereocenters. The van der Waals surface area contributed by atoms with Crippen molar-refractivity contribution in [2.75, 3.05) is 0 Å². The van der Waals surface area contributed by atoms with Crippen LogP contribution in [0.3, 0.4) is 0 Å². The van der Waals surface area contributed by atoms with Crippen molar-refractivity contribution in [2.24, 2.45) is 11.5 Å². The summed E-state index contributed by atoms with van der Waals surface area (Å²) >= 11 is 0. The summed E-state index contributed by atoms with van der Waals surface area (Å²) in [6, 6.07) is 41.8. The minimum atomic E-state index is -0.163. The number of hydrogen-bond donors (Lipinski definition) is 4. The van der Waals surface area contributed by atoms with Crippen LogP contribution >= 0.6 is 0 Å². The molecule has 4 aromatic carbocycles. The van der Waals surface area contributed by atoms with E-state index in [0.717, 1.165) is 11.1 Å². The Labute approximate surface area is 198 Å². The molecule has 33 heavy (non-hydrogen) atoms. The second-order valence-corrected chi connectivity index (χ2v) is 7.82. The van der Waals surface area contributed by atoms with Gasteiger partial charge in [-0.1, -0.05) is 129 Å². The highest BCUT2D eigenvalue weighted by atomic mass is 15.1. The van der Waals surface area contributed by atoms with E-state index in [-0.39, 0.29) is 25.7 Å². The van der Waals surface area contributed by atoms with E-state index in [9.17, 15) is 0 Å². The summed E-state index contributed by atoms with van der Waals surface area (Å²) in [5.74, 6) is 0. The van der Waals surface area contributed by atoms with Crippen LogP contribution in [0.4, 0.5) is 0 Å². The fourth-order valence-electron chi connectivity index (χ4n) is 3.80. The molecule has 1 aliphatic heterocycles. The lowest BCUT2D eigenvalue weighted by Crippen LogP contribution is -2.26. The van der Waals surface area contributed by atoms with Gasteiger partial charge in [0.15, 0.2) is 0 Å². The second-order valence-electron chi connectivity index (χ2n) is 7.82. The van der Waals surface area contributed by atoms with Gasteiger partial charge in [-0.25, -0.2) is 0 Å². The Morgan fingerprint density at radius 2 is 0.758 bits per heavy atom. The van der Waals surface area contributed by atoms with E-state index >= 15 is 0 Å². The molecule has 1 aliphatic rings. The Balaban J connectivity index is 0.000000220. The molecule has 4 heteroatoms. The molecule has 0 radical (unpaired) electrons. The zero-order valence-corrected chi connectivity index (χ0v) is 18.2. The van der Waals surface area contributed by atoms with Crippen LogP contribution in [-0.2, 0) is 0 Å². The first-order valence-electron chi connectivity index (χ1n) is 10.7. The van der Waals surface area contributed by atoms with Gasteiger partial charge in [0.1, 0.15) is 0 Å². The number of hydrogen-bond acceptors (Lipinski definition) is 4. The predicted octanol–water partition coefficient (Wildman–Crippen LogP) is 6.26. The third kappa shape index (κ3) is 6.85. The van der Waals surface area contributed by atoms with Crippen LogP contribution in [0, 0.1) is 0 Å². The lowest BCUT2D eigenvalue weighted by Gasteiger charge is -2.20. The van der Waals surface area contributed by atoms with Gasteiger partial charge in [-0.15, -0.1) is 0 Å². The van der Waals surface area contributed by atoms with E-state index in [1.807, 2.05) is 60.7 Å². The molecule has 0 saturated carbocycles. The average molecular weight is 441 g/mol. The van der Waals surface area contributed by atoms with Gasteiger partial charge in [-0.3, -0.25) is 5.32 Å². The lowest BCUT2D eigenvalue weighted by atomic mass is 9.95. The summed E-state index contributed by atoms with van der Waals surface area (Å²) in [5, 5.41) is 3.50. The largest absolute Gasteiger partial charge is 0.344 e. The SMILES string of the molecule is C.N.N[C@H](c1ccccc1)[C@H](N)c1ccccc1.c1ccc(C2NC2c2ccccc2)cc1. The molecule has 1 heterocycles. The standard InChI is InChI=1S/C14H16N2.C14H13N.CH4.H3N/c15-13(11-7-3-1-4-8-11)14(16)12-9-5-2-6-10-12;1-3-7-11(8-4-1)13-14(15-13)12-9-5-2-6-10-12;;/h1-10,13-14H,15-16H2;1-10,13-15H;1H4;1H3/t13-,14-;;;/m1.../s1. The van der Waals surface area contributed by atoms with Gasteiger partial charge in [0.2, 0.25) is 0 Å². The van der Waals surface area contributed by atoms with Crippen LogP contribution in [0.5, 0.6) is 0 Å². The van der Waals surface area contributed by atoms with Gasteiger partial charge < -0.3 is 17.6 Å². The van der Waals surface area contributed by atoms with Crippen LogP contribution in [0.2, 0.25) is 0 Å². The molecule has 1 fully saturated rings. The molecular weight excluding hydrogens is 404 g/mol. The number of nitrogens with two attached hydrogens (primary N) is 2. The molecular formula is C29H36N4. The molecule has 8 N–H and O–H groups in total. The Morgan fingerprint density at radius 3 is 1.06 bits per heavy atom. The summed E-state index contributed by atoms with van der Waals surface area (Å²) in [6.45, 7) is 0. The molecule has 172 valence electrons.